The highest BCUT2D eigenvalue weighted by Crippen LogP contribution is 2.27. The minimum atomic E-state index is -2.76. The van der Waals surface area contributed by atoms with Crippen molar-refractivity contribution in [2.24, 2.45) is 5.92 Å². The van der Waals surface area contributed by atoms with Gasteiger partial charge in [0.05, 0.1) is 18.1 Å². The van der Waals surface area contributed by atoms with Crippen LogP contribution in [0.25, 0.3) is 0 Å². The highest BCUT2D eigenvalue weighted by atomic mass is 32.2. The molecule has 2 rings (SSSR count). The summed E-state index contributed by atoms with van der Waals surface area (Å²) in [6.45, 7) is 4.92. The Hall–Kier alpha value is -0.130. The summed E-state index contributed by atoms with van der Waals surface area (Å²) in [4.78, 5) is 0. The molecule has 0 aromatic heterocycles. The summed E-state index contributed by atoms with van der Waals surface area (Å²) in [5.74, 6) is 0.995. The zero-order valence-corrected chi connectivity index (χ0v) is 10.1. The summed E-state index contributed by atoms with van der Waals surface area (Å²) >= 11 is 0. The zero-order valence-electron chi connectivity index (χ0n) is 9.32. The van der Waals surface area contributed by atoms with Crippen molar-refractivity contribution in [3.05, 3.63) is 0 Å². The molecule has 2 saturated heterocycles. The standard InChI is InChI=1S/C10H19NO3S/c1-10(2)7-14-9(11-10)8-3-5-15(12,13)6-4-8/h8-9,11H,3-7H2,1-2H3. The second-order valence-electron chi connectivity index (χ2n) is 5.25. The molecule has 2 fully saturated rings. The third kappa shape index (κ3) is 2.71. The SMILES string of the molecule is CC1(C)COC(C2CCS(=O)(=O)CC2)N1. The second kappa shape index (κ2) is 3.71. The van der Waals surface area contributed by atoms with Crippen LogP contribution < -0.4 is 5.32 Å². The van der Waals surface area contributed by atoms with Crippen LogP contribution in [0.2, 0.25) is 0 Å². The smallest absolute Gasteiger partial charge is 0.150 e. The third-order valence-corrected chi connectivity index (χ3v) is 4.90. The van der Waals surface area contributed by atoms with Crippen molar-refractivity contribution < 1.29 is 13.2 Å². The summed E-state index contributed by atoms with van der Waals surface area (Å²) in [5.41, 5.74) is 0.0288. The van der Waals surface area contributed by atoms with E-state index in [2.05, 4.69) is 19.2 Å². The van der Waals surface area contributed by atoms with E-state index in [4.69, 9.17) is 4.74 Å². The van der Waals surface area contributed by atoms with Gasteiger partial charge in [0.1, 0.15) is 16.1 Å². The first kappa shape index (κ1) is 11.4. The van der Waals surface area contributed by atoms with E-state index in [0.717, 1.165) is 12.8 Å². The van der Waals surface area contributed by atoms with Crippen LogP contribution in [0, 0.1) is 5.92 Å². The second-order valence-corrected chi connectivity index (χ2v) is 7.55. The van der Waals surface area contributed by atoms with Gasteiger partial charge in [0.15, 0.2) is 0 Å². The fourth-order valence-corrected chi connectivity index (χ4v) is 3.76. The number of hydrogen-bond donors (Lipinski definition) is 1. The van der Waals surface area contributed by atoms with E-state index in [1.807, 2.05) is 0 Å². The Kier molecular flexibility index (Phi) is 2.81. The molecule has 2 aliphatic heterocycles. The van der Waals surface area contributed by atoms with Gasteiger partial charge in [0, 0.05) is 11.5 Å². The molecule has 0 amide bonds. The monoisotopic (exact) mass is 233 g/mol. The number of hydrogen-bond acceptors (Lipinski definition) is 4. The van der Waals surface area contributed by atoms with Crippen LogP contribution in [0.4, 0.5) is 0 Å². The van der Waals surface area contributed by atoms with Gasteiger partial charge in [0.25, 0.3) is 0 Å². The minimum Gasteiger partial charge on any atom is -0.361 e. The van der Waals surface area contributed by atoms with Crippen LogP contribution in [0.15, 0.2) is 0 Å². The van der Waals surface area contributed by atoms with E-state index in [9.17, 15) is 8.42 Å². The van der Waals surface area contributed by atoms with Crippen molar-refractivity contribution in [3.8, 4) is 0 Å². The van der Waals surface area contributed by atoms with E-state index in [-0.39, 0.29) is 11.8 Å². The molecule has 1 unspecified atom stereocenters. The first-order valence-electron chi connectivity index (χ1n) is 5.48. The van der Waals surface area contributed by atoms with Crippen LogP contribution in [0.5, 0.6) is 0 Å². The molecule has 15 heavy (non-hydrogen) atoms. The van der Waals surface area contributed by atoms with Crippen LogP contribution in [0.1, 0.15) is 26.7 Å². The molecule has 0 saturated carbocycles. The lowest BCUT2D eigenvalue weighted by Crippen LogP contribution is -2.44. The maximum absolute atomic E-state index is 11.3. The average molecular weight is 233 g/mol. The first-order chi connectivity index (χ1) is 6.88. The zero-order chi connectivity index (χ0) is 11.1. The van der Waals surface area contributed by atoms with Gasteiger partial charge in [-0.05, 0) is 26.7 Å². The highest BCUT2D eigenvalue weighted by molar-refractivity contribution is 7.91. The molecular formula is C10H19NO3S. The van der Waals surface area contributed by atoms with Crippen LogP contribution >= 0.6 is 0 Å². The van der Waals surface area contributed by atoms with Crippen LogP contribution in [-0.4, -0.2) is 38.3 Å². The summed E-state index contributed by atoms with van der Waals surface area (Å²) < 4.78 is 28.2. The molecule has 0 bridgehead atoms. The fourth-order valence-electron chi connectivity index (χ4n) is 2.23. The lowest BCUT2D eigenvalue weighted by molar-refractivity contribution is 0.0472. The van der Waals surface area contributed by atoms with E-state index in [1.54, 1.807) is 0 Å². The van der Waals surface area contributed by atoms with Crippen molar-refractivity contribution >= 4 is 9.84 Å². The lowest BCUT2D eigenvalue weighted by atomic mass is 10.00. The lowest BCUT2D eigenvalue weighted by Gasteiger charge is -2.28. The number of rotatable bonds is 1. The molecule has 5 heteroatoms. The number of nitrogens with one attached hydrogen (secondary N) is 1. The molecule has 0 aromatic rings. The molecule has 2 aliphatic rings. The van der Waals surface area contributed by atoms with Gasteiger partial charge in [-0.25, -0.2) is 8.42 Å². The average Bonchev–Trinajstić information content (AvgIpc) is 2.46. The van der Waals surface area contributed by atoms with Crippen LogP contribution in [-0.2, 0) is 14.6 Å². The van der Waals surface area contributed by atoms with Crippen molar-refractivity contribution in [1.29, 1.82) is 0 Å². The topological polar surface area (TPSA) is 55.4 Å². The van der Waals surface area contributed by atoms with Gasteiger partial charge in [-0.3, -0.25) is 5.32 Å². The van der Waals surface area contributed by atoms with Crippen molar-refractivity contribution in [3.63, 3.8) is 0 Å². The maximum Gasteiger partial charge on any atom is 0.150 e. The Bertz CT molecular complexity index is 323. The van der Waals surface area contributed by atoms with Gasteiger partial charge in [-0.1, -0.05) is 0 Å². The predicted octanol–water partition coefficient (Wildman–Crippen LogP) is 0.536. The normalized spacial score (nSPS) is 35.5. The molecule has 4 nitrogen and oxygen atoms in total. The van der Waals surface area contributed by atoms with Gasteiger partial charge < -0.3 is 4.74 Å². The van der Waals surface area contributed by atoms with E-state index in [0.29, 0.717) is 24.0 Å². The number of ether oxygens (including phenoxy) is 1. The Morgan fingerprint density at radius 2 is 1.87 bits per heavy atom. The minimum absolute atomic E-state index is 0.0288. The highest BCUT2D eigenvalue weighted by Gasteiger charge is 2.38. The maximum atomic E-state index is 11.3. The molecule has 0 aliphatic carbocycles. The molecule has 88 valence electrons. The predicted molar refractivity (Wildman–Crippen MR) is 58.3 cm³/mol. The van der Waals surface area contributed by atoms with Gasteiger partial charge >= 0.3 is 0 Å². The number of sulfone groups is 1. The molecular weight excluding hydrogens is 214 g/mol. The molecule has 0 spiro atoms. The van der Waals surface area contributed by atoms with Crippen molar-refractivity contribution in [1.82, 2.24) is 5.32 Å². The van der Waals surface area contributed by atoms with E-state index in [1.165, 1.54) is 0 Å². The Morgan fingerprint density at radius 3 is 2.33 bits per heavy atom. The molecule has 0 radical (unpaired) electrons. The summed E-state index contributed by atoms with van der Waals surface area (Å²) in [6.07, 6.45) is 1.52. The van der Waals surface area contributed by atoms with Crippen LogP contribution in [0.3, 0.4) is 0 Å². The molecule has 1 atom stereocenters. The van der Waals surface area contributed by atoms with E-state index >= 15 is 0 Å². The Morgan fingerprint density at radius 1 is 1.27 bits per heavy atom. The first-order valence-corrected chi connectivity index (χ1v) is 7.30. The van der Waals surface area contributed by atoms with Crippen molar-refractivity contribution in [2.45, 2.75) is 38.5 Å². The Labute approximate surface area is 91.3 Å². The van der Waals surface area contributed by atoms with Crippen molar-refractivity contribution in [2.75, 3.05) is 18.1 Å². The Balaban J connectivity index is 1.92. The summed E-state index contributed by atoms with van der Waals surface area (Å²) in [7, 11) is -2.76. The summed E-state index contributed by atoms with van der Waals surface area (Å²) in [5, 5.41) is 3.41. The van der Waals surface area contributed by atoms with Gasteiger partial charge in [-0.2, -0.15) is 0 Å². The third-order valence-electron chi connectivity index (χ3n) is 3.18. The molecule has 0 aromatic carbocycles. The van der Waals surface area contributed by atoms with E-state index < -0.39 is 9.84 Å². The fraction of sp³-hybridized carbons (Fsp3) is 1.00. The molecule has 2 heterocycles. The quantitative estimate of drug-likeness (QED) is 0.718. The van der Waals surface area contributed by atoms with Gasteiger partial charge in [-0.15, -0.1) is 0 Å². The summed E-state index contributed by atoms with van der Waals surface area (Å²) in [6, 6.07) is 0. The molecule has 1 N–H and O–H groups in total. The largest absolute Gasteiger partial charge is 0.361 e. The van der Waals surface area contributed by atoms with Gasteiger partial charge in [0.2, 0.25) is 0 Å².